The van der Waals surface area contributed by atoms with Gasteiger partial charge in [0.15, 0.2) is 0 Å². The molecule has 0 fully saturated rings. The monoisotopic (exact) mass is 750 g/mol. The van der Waals surface area contributed by atoms with Gasteiger partial charge in [0.05, 0.1) is 17.1 Å². The molecule has 251 valence electrons. The standard InChI is InChI=1S/C47H39N3O.Y/c1-47(37-12-6-5-7-13-37,30-44(49-3)33-18-16-31(17-19-33)36-23-27-43(48-2)45(29-36)50(4)51)38-24-20-32(21-25-38)35-22-26-39-40-14-8-10-34-11-9-15-41(46(34)40)42(39)28-35;/h5-30,48,51H,3H2,1-2,4H3;/b44-30-;. The molecular weight excluding hydrogens is 711 g/mol. The van der Waals surface area contributed by atoms with E-state index in [0.29, 0.717) is 5.69 Å². The molecule has 0 aliphatic heterocycles. The number of aliphatic imine (C=N–C) groups is 1. The minimum absolute atomic E-state index is 0. The van der Waals surface area contributed by atoms with Crippen LogP contribution in [0.25, 0.3) is 61.0 Å². The molecule has 0 saturated heterocycles. The summed E-state index contributed by atoms with van der Waals surface area (Å²) in [5, 5.41) is 17.1. The minimum atomic E-state index is -0.478. The summed E-state index contributed by atoms with van der Waals surface area (Å²) in [6.45, 7) is 6.24. The molecule has 0 aromatic heterocycles. The predicted octanol–water partition coefficient (Wildman–Crippen LogP) is 11.7. The van der Waals surface area contributed by atoms with Crippen LogP contribution in [0.1, 0.15) is 23.6 Å². The van der Waals surface area contributed by atoms with Gasteiger partial charge >= 0.3 is 0 Å². The van der Waals surface area contributed by atoms with Gasteiger partial charge in [-0.1, -0.05) is 133 Å². The maximum absolute atomic E-state index is 10.2. The molecule has 0 amide bonds. The normalized spacial score (nSPS) is 12.8. The predicted molar refractivity (Wildman–Crippen MR) is 216 cm³/mol. The average molecular weight is 751 g/mol. The Morgan fingerprint density at radius 2 is 1.23 bits per heavy atom. The van der Waals surface area contributed by atoms with E-state index in [9.17, 15) is 5.21 Å². The fourth-order valence-corrected chi connectivity index (χ4v) is 7.62. The Labute approximate surface area is 331 Å². The van der Waals surface area contributed by atoms with Gasteiger partial charge in [0.2, 0.25) is 0 Å². The summed E-state index contributed by atoms with van der Waals surface area (Å²) in [6, 6.07) is 54.0. The summed E-state index contributed by atoms with van der Waals surface area (Å²) < 4.78 is 0. The molecule has 7 aromatic rings. The number of hydrogen-bond donors (Lipinski definition) is 2. The molecule has 1 atom stereocenters. The number of nitrogens with zero attached hydrogens (tertiary/aromatic N) is 2. The SMILES string of the molecule is C=N/C(=C\C(C)(c1ccccc1)c1ccc(-c2ccc3c(c2)-c2cccc4cccc-3c24)cc1)c1ccc(-c2ccc(NC)c(N(C)O)c2)cc1.[Y]. The first-order valence-corrected chi connectivity index (χ1v) is 17.3. The van der Waals surface area contributed by atoms with Crippen molar-refractivity contribution in [2.45, 2.75) is 12.3 Å². The van der Waals surface area contributed by atoms with Gasteiger partial charge < -0.3 is 5.32 Å². The van der Waals surface area contributed by atoms with Crippen LogP contribution in [-0.2, 0) is 38.1 Å². The second-order valence-electron chi connectivity index (χ2n) is 13.4. The number of hydrogen-bond acceptors (Lipinski definition) is 4. The number of benzene rings is 7. The molecular formula is C47H39N3OY. The van der Waals surface area contributed by atoms with Crippen LogP contribution in [0.2, 0.25) is 0 Å². The van der Waals surface area contributed by atoms with Gasteiger partial charge in [-0.15, -0.1) is 0 Å². The van der Waals surface area contributed by atoms with Gasteiger partial charge in [-0.3, -0.25) is 15.3 Å². The third kappa shape index (κ3) is 6.22. The smallest absolute Gasteiger partial charge is 0.0868 e. The number of anilines is 2. The Bertz CT molecular complexity index is 2450. The van der Waals surface area contributed by atoms with E-state index >= 15 is 0 Å². The largest absolute Gasteiger partial charge is 0.386 e. The molecule has 1 aliphatic carbocycles. The molecule has 0 heterocycles. The van der Waals surface area contributed by atoms with Crippen LogP contribution in [0.4, 0.5) is 11.4 Å². The van der Waals surface area contributed by atoms with Crippen molar-refractivity contribution in [3.8, 4) is 44.5 Å². The summed E-state index contributed by atoms with van der Waals surface area (Å²) in [5.41, 5.74) is 14.9. The first kappa shape index (κ1) is 35.3. The first-order chi connectivity index (χ1) is 24.9. The van der Waals surface area contributed by atoms with Crippen molar-refractivity contribution in [2.24, 2.45) is 4.99 Å². The quantitative estimate of drug-likeness (QED) is 0.114. The van der Waals surface area contributed by atoms with E-state index in [1.165, 1.54) is 55.3 Å². The molecule has 7 aromatic carbocycles. The molecule has 8 rings (SSSR count). The fourth-order valence-electron chi connectivity index (χ4n) is 7.62. The van der Waals surface area contributed by atoms with Gasteiger partial charge in [-0.2, -0.15) is 0 Å². The number of hydroxylamine groups is 1. The zero-order valence-electron chi connectivity index (χ0n) is 29.6. The maximum atomic E-state index is 10.2. The Balaban J connectivity index is 0.00000420. The summed E-state index contributed by atoms with van der Waals surface area (Å²) in [4.78, 5) is 4.55. The molecule has 4 nitrogen and oxygen atoms in total. The second kappa shape index (κ2) is 14.5. The van der Waals surface area contributed by atoms with Crippen molar-refractivity contribution >= 4 is 34.6 Å². The van der Waals surface area contributed by atoms with Gasteiger partial charge in [0, 0.05) is 52.2 Å². The Kier molecular flexibility index (Phi) is 9.82. The Morgan fingerprint density at radius 1 is 0.654 bits per heavy atom. The van der Waals surface area contributed by atoms with Gasteiger partial charge in [0.25, 0.3) is 0 Å². The Hall–Kier alpha value is -5.13. The van der Waals surface area contributed by atoms with E-state index in [-0.39, 0.29) is 32.7 Å². The molecule has 5 heteroatoms. The van der Waals surface area contributed by atoms with Crippen molar-refractivity contribution in [1.29, 1.82) is 0 Å². The summed E-state index contributed by atoms with van der Waals surface area (Å²) in [7, 11) is 3.47. The number of rotatable bonds is 9. The van der Waals surface area contributed by atoms with Gasteiger partial charge in [-0.25, -0.2) is 0 Å². The van der Waals surface area contributed by atoms with E-state index in [4.69, 9.17) is 0 Å². The van der Waals surface area contributed by atoms with Crippen LogP contribution < -0.4 is 10.4 Å². The third-order valence-corrected chi connectivity index (χ3v) is 10.4. The van der Waals surface area contributed by atoms with E-state index in [1.807, 2.05) is 19.2 Å². The fraction of sp³-hybridized carbons (Fsp3) is 0.0851. The zero-order chi connectivity index (χ0) is 35.1. The van der Waals surface area contributed by atoms with Crippen molar-refractivity contribution < 1.29 is 37.9 Å². The average Bonchev–Trinajstić information content (AvgIpc) is 3.51. The first-order valence-electron chi connectivity index (χ1n) is 17.3. The topological polar surface area (TPSA) is 47.9 Å². The number of fused-ring (bicyclic) bond motifs is 3. The van der Waals surface area contributed by atoms with E-state index in [1.54, 1.807) is 7.05 Å². The van der Waals surface area contributed by atoms with Crippen LogP contribution in [0.15, 0.2) is 163 Å². The van der Waals surface area contributed by atoms with Gasteiger partial charge in [-0.05, 0) is 110 Å². The zero-order valence-corrected chi connectivity index (χ0v) is 32.5. The van der Waals surface area contributed by atoms with Crippen molar-refractivity contribution in [3.63, 3.8) is 0 Å². The van der Waals surface area contributed by atoms with Gasteiger partial charge in [0.1, 0.15) is 0 Å². The van der Waals surface area contributed by atoms with Crippen LogP contribution in [-0.4, -0.2) is 26.0 Å². The van der Waals surface area contributed by atoms with Crippen LogP contribution >= 0.6 is 0 Å². The summed E-state index contributed by atoms with van der Waals surface area (Å²) >= 11 is 0. The molecule has 52 heavy (non-hydrogen) atoms. The Morgan fingerprint density at radius 3 is 1.87 bits per heavy atom. The van der Waals surface area contributed by atoms with Crippen LogP contribution in [0.5, 0.6) is 0 Å². The third-order valence-electron chi connectivity index (χ3n) is 10.4. The number of allylic oxidation sites excluding steroid dienone is 1. The maximum Gasteiger partial charge on any atom is 0.0868 e. The van der Waals surface area contributed by atoms with E-state index in [0.717, 1.165) is 33.1 Å². The second-order valence-corrected chi connectivity index (χ2v) is 13.4. The van der Waals surface area contributed by atoms with E-state index < -0.39 is 5.41 Å². The van der Waals surface area contributed by atoms with Crippen molar-refractivity contribution in [3.05, 3.63) is 174 Å². The molecule has 2 N–H and O–H groups in total. The summed E-state index contributed by atoms with van der Waals surface area (Å²) in [6.07, 6.45) is 2.23. The number of nitrogens with one attached hydrogen (secondary N) is 1. The molecule has 0 spiro atoms. The molecule has 1 aliphatic rings. The molecule has 0 bridgehead atoms. The molecule has 0 saturated carbocycles. The van der Waals surface area contributed by atoms with Crippen molar-refractivity contribution in [2.75, 3.05) is 24.5 Å². The van der Waals surface area contributed by atoms with Crippen molar-refractivity contribution in [1.82, 2.24) is 0 Å². The van der Waals surface area contributed by atoms with E-state index in [2.05, 4.69) is 170 Å². The minimum Gasteiger partial charge on any atom is -0.386 e. The summed E-state index contributed by atoms with van der Waals surface area (Å²) in [5.74, 6) is 0. The molecule has 1 unspecified atom stereocenters. The molecule has 1 radical (unpaired) electrons. The van der Waals surface area contributed by atoms with Crippen LogP contribution in [0.3, 0.4) is 0 Å². The van der Waals surface area contributed by atoms with Crippen LogP contribution in [0, 0.1) is 0 Å².